The number of aliphatic carboxylic acids is 1. The standard InChI is InChI=1S/C10H16N2O3/c1-7(6-10(14)15)5-9(13)12-8(2)3-4-11/h7-8H,3,5-6H2,1-2H3,(H,12,13)(H,14,15). The summed E-state index contributed by atoms with van der Waals surface area (Å²) in [6, 6.07) is 1.77. The van der Waals surface area contributed by atoms with Crippen LogP contribution in [-0.2, 0) is 9.59 Å². The fourth-order valence-electron chi connectivity index (χ4n) is 1.21. The van der Waals surface area contributed by atoms with Crippen molar-refractivity contribution in [1.29, 1.82) is 5.26 Å². The first-order chi connectivity index (χ1) is 6.95. The number of carbonyl (C=O) groups excluding carboxylic acids is 1. The Balaban J connectivity index is 3.83. The van der Waals surface area contributed by atoms with Gasteiger partial charge < -0.3 is 10.4 Å². The largest absolute Gasteiger partial charge is 0.481 e. The summed E-state index contributed by atoms with van der Waals surface area (Å²) in [5.74, 6) is -1.29. The molecule has 84 valence electrons. The average molecular weight is 212 g/mol. The molecule has 0 fully saturated rings. The van der Waals surface area contributed by atoms with Crippen LogP contribution in [0.5, 0.6) is 0 Å². The molecule has 0 saturated heterocycles. The third-order valence-corrected chi connectivity index (χ3v) is 1.86. The number of rotatable bonds is 6. The summed E-state index contributed by atoms with van der Waals surface area (Å²) in [5, 5.41) is 19.5. The van der Waals surface area contributed by atoms with Gasteiger partial charge >= 0.3 is 5.97 Å². The van der Waals surface area contributed by atoms with Crippen LogP contribution in [-0.4, -0.2) is 23.0 Å². The van der Waals surface area contributed by atoms with Gasteiger partial charge in [0.2, 0.25) is 5.91 Å². The van der Waals surface area contributed by atoms with E-state index in [9.17, 15) is 9.59 Å². The van der Waals surface area contributed by atoms with Crippen LogP contribution in [0.25, 0.3) is 0 Å². The highest BCUT2D eigenvalue weighted by molar-refractivity contribution is 5.77. The summed E-state index contributed by atoms with van der Waals surface area (Å²) in [7, 11) is 0. The van der Waals surface area contributed by atoms with Gasteiger partial charge in [-0.15, -0.1) is 0 Å². The molecule has 0 aromatic heterocycles. The van der Waals surface area contributed by atoms with Crippen LogP contribution in [0.2, 0.25) is 0 Å². The zero-order valence-corrected chi connectivity index (χ0v) is 8.99. The van der Waals surface area contributed by atoms with Crippen LogP contribution >= 0.6 is 0 Å². The third-order valence-electron chi connectivity index (χ3n) is 1.86. The average Bonchev–Trinajstić information content (AvgIpc) is 2.00. The number of hydrogen-bond donors (Lipinski definition) is 2. The zero-order valence-electron chi connectivity index (χ0n) is 8.99. The van der Waals surface area contributed by atoms with Crippen molar-refractivity contribution in [2.75, 3.05) is 0 Å². The quantitative estimate of drug-likeness (QED) is 0.684. The van der Waals surface area contributed by atoms with Crippen molar-refractivity contribution < 1.29 is 14.7 Å². The fourth-order valence-corrected chi connectivity index (χ4v) is 1.21. The van der Waals surface area contributed by atoms with Gasteiger partial charge in [-0.2, -0.15) is 5.26 Å². The first kappa shape index (κ1) is 13.4. The molecule has 5 nitrogen and oxygen atoms in total. The summed E-state index contributed by atoms with van der Waals surface area (Å²) >= 11 is 0. The van der Waals surface area contributed by atoms with E-state index in [2.05, 4.69) is 5.32 Å². The number of nitrogens with zero attached hydrogens (tertiary/aromatic N) is 1. The summed E-state index contributed by atoms with van der Waals surface area (Å²) in [6.45, 7) is 3.45. The van der Waals surface area contributed by atoms with Crippen molar-refractivity contribution in [3.05, 3.63) is 0 Å². The number of carboxylic acid groups (broad SMARTS) is 1. The molecule has 0 spiro atoms. The van der Waals surface area contributed by atoms with Crippen LogP contribution in [0.15, 0.2) is 0 Å². The SMILES string of the molecule is CC(CC(=O)O)CC(=O)NC(C)CC#N. The molecule has 2 atom stereocenters. The summed E-state index contributed by atoms with van der Waals surface area (Å²) in [4.78, 5) is 21.6. The first-order valence-corrected chi connectivity index (χ1v) is 4.83. The maximum atomic E-state index is 11.3. The van der Waals surface area contributed by atoms with Gasteiger partial charge in [-0.05, 0) is 12.8 Å². The molecule has 0 aliphatic rings. The lowest BCUT2D eigenvalue weighted by atomic mass is 10.0. The van der Waals surface area contributed by atoms with Gasteiger partial charge in [-0.25, -0.2) is 0 Å². The Kier molecular flexibility index (Phi) is 6.11. The van der Waals surface area contributed by atoms with E-state index in [4.69, 9.17) is 10.4 Å². The number of amides is 1. The third kappa shape index (κ3) is 7.50. The van der Waals surface area contributed by atoms with Crippen LogP contribution in [0.1, 0.15) is 33.1 Å². The molecule has 0 rings (SSSR count). The van der Waals surface area contributed by atoms with Gasteiger partial charge in [0.25, 0.3) is 0 Å². The molecule has 0 aliphatic heterocycles. The lowest BCUT2D eigenvalue weighted by Gasteiger charge is -2.12. The fraction of sp³-hybridized carbons (Fsp3) is 0.700. The molecule has 0 aromatic rings. The molecule has 1 amide bonds. The van der Waals surface area contributed by atoms with E-state index in [-0.39, 0.29) is 37.1 Å². The Morgan fingerprint density at radius 2 is 2.00 bits per heavy atom. The van der Waals surface area contributed by atoms with Gasteiger partial charge in [-0.1, -0.05) is 6.92 Å². The highest BCUT2D eigenvalue weighted by Gasteiger charge is 2.13. The van der Waals surface area contributed by atoms with Gasteiger partial charge in [0.15, 0.2) is 0 Å². The molecule has 0 radical (unpaired) electrons. The highest BCUT2D eigenvalue weighted by Crippen LogP contribution is 2.07. The van der Waals surface area contributed by atoms with Crippen LogP contribution in [0.3, 0.4) is 0 Å². The minimum atomic E-state index is -0.902. The van der Waals surface area contributed by atoms with Crippen molar-refractivity contribution in [2.45, 2.75) is 39.2 Å². The van der Waals surface area contributed by atoms with Crippen molar-refractivity contribution in [2.24, 2.45) is 5.92 Å². The second kappa shape index (κ2) is 6.82. The number of carboxylic acids is 1. The molecule has 0 aromatic carbocycles. The summed E-state index contributed by atoms with van der Waals surface area (Å²) < 4.78 is 0. The van der Waals surface area contributed by atoms with Gasteiger partial charge in [0, 0.05) is 18.9 Å². The molecule has 0 bridgehead atoms. The van der Waals surface area contributed by atoms with Gasteiger partial charge in [0.05, 0.1) is 12.5 Å². The molecular weight excluding hydrogens is 196 g/mol. The van der Waals surface area contributed by atoms with Gasteiger partial charge in [0.1, 0.15) is 0 Å². The lowest BCUT2D eigenvalue weighted by molar-refractivity contribution is -0.138. The Hall–Kier alpha value is -1.57. The molecule has 0 aliphatic carbocycles. The maximum absolute atomic E-state index is 11.3. The number of nitrogens with one attached hydrogen (secondary N) is 1. The van der Waals surface area contributed by atoms with E-state index < -0.39 is 5.97 Å². The summed E-state index contributed by atoms with van der Waals surface area (Å²) in [6.07, 6.45) is 0.432. The van der Waals surface area contributed by atoms with Crippen LogP contribution in [0, 0.1) is 17.2 Å². The molecule has 2 N–H and O–H groups in total. The lowest BCUT2D eigenvalue weighted by Crippen LogP contribution is -2.33. The molecular formula is C10H16N2O3. The van der Waals surface area contributed by atoms with E-state index >= 15 is 0 Å². The smallest absolute Gasteiger partial charge is 0.303 e. The molecule has 2 unspecified atom stereocenters. The predicted molar refractivity (Wildman–Crippen MR) is 53.9 cm³/mol. The Morgan fingerprint density at radius 3 is 2.47 bits per heavy atom. The van der Waals surface area contributed by atoms with Crippen molar-refractivity contribution in [3.63, 3.8) is 0 Å². The summed E-state index contributed by atoms with van der Waals surface area (Å²) in [5.41, 5.74) is 0. The Bertz CT molecular complexity index is 270. The minimum Gasteiger partial charge on any atom is -0.481 e. The van der Waals surface area contributed by atoms with Crippen molar-refractivity contribution in [1.82, 2.24) is 5.32 Å². The zero-order chi connectivity index (χ0) is 11.8. The molecule has 15 heavy (non-hydrogen) atoms. The van der Waals surface area contributed by atoms with E-state index in [0.717, 1.165) is 0 Å². The Morgan fingerprint density at radius 1 is 1.40 bits per heavy atom. The molecule has 5 heteroatoms. The number of carbonyl (C=O) groups is 2. The van der Waals surface area contributed by atoms with Crippen LogP contribution in [0.4, 0.5) is 0 Å². The highest BCUT2D eigenvalue weighted by atomic mass is 16.4. The molecule has 0 saturated carbocycles. The number of nitriles is 1. The maximum Gasteiger partial charge on any atom is 0.303 e. The first-order valence-electron chi connectivity index (χ1n) is 4.83. The van der Waals surface area contributed by atoms with Crippen molar-refractivity contribution in [3.8, 4) is 6.07 Å². The van der Waals surface area contributed by atoms with E-state index in [1.165, 1.54) is 0 Å². The van der Waals surface area contributed by atoms with Crippen LogP contribution < -0.4 is 5.32 Å². The predicted octanol–water partition coefficient (Wildman–Crippen LogP) is 0.906. The van der Waals surface area contributed by atoms with Gasteiger partial charge in [-0.3, -0.25) is 9.59 Å². The number of hydrogen-bond acceptors (Lipinski definition) is 3. The molecule has 0 heterocycles. The minimum absolute atomic E-state index is 0.0138. The van der Waals surface area contributed by atoms with E-state index in [1.807, 2.05) is 6.07 Å². The topological polar surface area (TPSA) is 90.2 Å². The monoisotopic (exact) mass is 212 g/mol. The van der Waals surface area contributed by atoms with E-state index in [1.54, 1.807) is 13.8 Å². The van der Waals surface area contributed by atoms with Crippen molar-refractivity contribution >= 4 is 11.9 Å². The van der Waals surface area contributed by atoms with E-state index in [0.29, 0.717) is 0 Å². The second-order valence-corrected chi connectivity index (χ2v) is 3.74. The second-order valence-electron chi connectivity index (χ2n) is 3.74. The Labute approximate surface area is 89.1 Å². The normalized spacial score (nSPS) is 13.7.